The van der Waals surface area contributed by atoms with Gasteiger partial charge in [0.05, 0.1) is 0 Å². The molecule has 0 radical (unpaired) electrons. The van der Waals surface area contributed by atoms with Gasteiger partial charge in [-0.2, -0.15) is 5.21 Å². The molecule has 1 fully saturated rings. The van der Waals surface area contributed by atoms with E-state index in [-0.39, 0.29) is 11.7 Å². The number of aryl methyl sites for hydroxylation is 1. The van der Waals surface area contributed by atoms with Crippen LogP contribution in [-0.2, 0) is 6.54 Å². The fourth-order valence-corrected chi connectivity index (χ4v) is 2.14. The van der Waals surface area contributed by atoms with Crippen LogP contribution < -0.4 is 0 Å². The summed E-state index contributed by atoms with van der Waals surface area (Å²) in [7, 11) is 0. The van der Waals surface area contributed by atoms with Crippen LogP contribution in [-0.4, -0.2) is 37.5 Å². The van der Waals surface area contributed by atoms with E-state index in [4.69, 9.17) is 0 Å². The molecule has 98 valence electrons. The molecule has 1 saturated carbocycles. The number of tetrazole rings is 1. The number of rotatable bonds is 4. The molecule has 1 N–H and O–H groups in total. The van der Waals surface area contributed by atoms with Crippen molar-refractivity contribution in [2.75, 3.05) is 0 Å². The van der Waals surface area contributed by atoms with E-state index in [1.54, 1.807) is 0 Å². The fourth-order valence-electron chi connectivity index (χ4n) is 2.14. The molecule has 0 saturated heterocycles. The van der Waals surface area contributed by atoms with Crippen molar-refractivity contribution in [3.8, 4) is 0 Å². The number of hydrogen-bond acceptors (Lipinski definition) is 4. The third kappa shape index (κ3) is 2.62. The van der Waals surface area contributed by atoms with Crippen LogP contribution in [0.25, 0.3) is 0 Å². The van der Waals surface area contributed by atoms with Crippen LogP contribution in [0.5, 0.6) is 0 Å². The van der Waals surface area contributed by atoms with Gasteiger partial charge in [0.2, 0.25) is 0 Å². The van der Waals surface area contributed by atoms with E-state index in [1.165, 1.54) is 5.56 Å². The molecule has 0 aliphatic heterocycles. The van der Waals surface area contributed by atoms with Crippen molar-refractivity contribution in [2.45, 2.75) is 32.4 Å². The van der Waals surface area contributed by atoms with Crippen molar-refractivity contribution in [2.24, 2.45) is 0 Å². The molecule has 0 atom stereocenters. The van der Waals surface area contributed by atoms with Gasteiger partial charge in [0.25, 0.3) is 11.7 Å². The van der Waals surface area contributed by atoms with Crippen LogP contribution >= 0.6 is 0 Å². The molecule has 3 rings (SSSR count). The number of carbonyl (C=O) groups is 1. The van der Waals surface area contributed by atoms with Gasteiger partial charge in [0.1, 0.15) is 0 Å². The zero-order valence-corrected chi connectivity index (χ0v) is 10.7. The molecule has 0 bridgehead atoms. The van der Waals surface area contributed by atoms with Gasteiger partial charge >= 0.3 is 0 Å². The minimum absolute atomic E-state index is 0.138. The summed E-state index contributed by atoms with van der Waals surface area (Å²) >= 11 is 0. The normalized spacial score (nSPS) is 14.4. The molecule has 6 nitrogen and oxygen atoms in total. The summed E-state index contributed by atoms with van der Waals surface area (Å²) in [6, 6.07) is 8.50. The standard InChI is InChI=1S/C13H15N5O/c1-9-3-2-4-10(7-9)8-18(11-5-6-11)13(19)12-14-16-17-15-12/h2-4,7,11H,5-6,8H2,1H3,(H,14,15,16,17). The van der Waals surface area contributed by atoms with E-state index < -0.39 is 0 Å². The second kappa shape index (κ2) is 4.79. The largest absolute Gasteiger partial charge is 0.328 e. The van der Waals surface area contributed by atoms with Crippen LogP contribution in [0.15, 0.2) is 24.3 Å². The lowest BCUT2D eigenvalue weighted by Crippen LogP contribution is -2.33. The first-order chi connectivity index (χ1) is 9.24. The first-order valence-corrected chi connectivity index (χ1v) is 6.34. The zero-order valence-electron chi connectivity index (χ0n) is 10.7. The highest BCUT2D eigenvalue weighted by molar-refractivity contribution is 5.90. The maximum atomic E-state index is 12.3. The Balaban J connectivity index is 1.80. The molecule has 19 heavy (non-hydrogen) atoms. The molecular formula is C13H15N5O. The van der Waals surface area contributed by atoms with Gasteiger partial charge in [-0.25, -0.2) is 0 Å². The molecule has 0 unspecified atom stereocenters. The molecular weight excluding hydrogens is 242 g/mol. The molecule has 1 aromatic carbocycles. The Morgan fingerprint density at radius 3 is 2.95 bits per heavy atom. The van der Waals surface area contributed by atoms with Gasteiger partial charge < -0.3 is 4.90 Å². The highest BCUT2D eigenvalue weighted by atomic mass is 16.2. The molecule has 6 heteroatoms. The lowest BCUT2D eigenvalue weighted by Gasteiger charge is -2.21. The number of nitrogens with one attached hydrogen (secondary N) is 1. The summed E-state index contributed by atoms with van der Waals surface area (Å²) in [5.41, 5.74) is 2.32. The van der Waals surface area contributed by atoms with Crippen molar-refractivity contribution in [1.82, 2.24) is 25.5 Å². The Morgan fingerprint density at radius 1 is 1.47 bits per heavy atom. The third-order valence-electron chi connectivity index (χ3n) is 3.22. The van der Waals surface area contributed by atoms with Crippen molar-refractivity contribution in [3.05, 3.63) is 41.2 Å². The number of hydrogen-bond donors (Lipinski definition) is 1. The Kier molecular flexibility index (Phi) is 2.98. The Bertz CT molecular complexity index is 576. The Hall–Kier alpha value is -2.24. The number of nitrogens with zero attached hydrogens (tertiary/aromatic N) is 4. The maximum Gasteiger partial charge on any atom is 0.296 e. The zero-order chi connectivity index (χ0) is 13.2. The summed E-state index contributed by atoms with van der Waals surface area (Å²) in [6.45, 7) is 2.64. The average molecular weight is 257 g/mol. The van der Waals surface area contributed by atoms with Crippen LogP contribution in [0, 0.1) is 6.92 Å². The summed E-state index contributed by atoms with van der Waals surface area (Å²) in [4.78, 5) is 14.2. The molecule has 1 aliphatic rings. The predicted molar refractivity (Wildman–Crippen MR) is 68.3 cm³/mol. The predicted octanol–water partition coefficient (Wildman–Crippen LogP) is 1.31. The van der Waals surface area contributed by atoms with Crippen LogP contribution in [0.2, 0.25) is 0 Å². The first-order valence-electron chi connectivity index (χ1n) is 6.34. The number of benzene rings is 1. The van der Waals surface area contributed by atoms with E-state index in [9.17, 15) is 4.79 Å². The van der Waals surface area contributed by atoms with Crippen molar-refractivity contribution in [3.63, 3.8) is 0 Å². The number of amides is 1. The van der Waals surface area contributed by atoms with Gasteiger partial charge in [-0.15, -0.1) is 10.2 Å². The highest BCUT2D eigenvalue weighted by Crippen LogP contribution is 2.29. The lowest BCUT2D eigenvalue weighted by molar-refractivity contribution is 0.0717. The monoisotopic (exact) mass is 257 g/mol. The van der Waals surface area contributed by atoms with Gasteiger partial charge in [0.15, 0.2) is 0 Å². The van der Waals surface area contributed by atoms with E-state index in [2.05, 4.69) is 26.7 Å². The lowest BCUT2D eigenvalue weighted by atomic mass is 10.1. The van der Waals surface area contributed by atoms with E-state index in [1.807, 2.05) is 30.0 Å². The summed E-state index contributed by atoms with van der Waals surface area (Å²) in [6.07, 6.45) is 2.10. The van der Waals surface area contributed by atoms with Gasteiger partial charge in [-0.05, 0) is 30.5 Å². The first kappa shape index (κ1) is 11.8. The fraction of sp³-hybridized carbons (Fsp3) is 0.385. The SMILES string of the molecule is Cc1cccc(CN(C(=O)c2nn[nH]n2)C2CC2)c1. The second-order valence-electron chi connectivity index (χ2n) is 4.89. The van der Waals surface area contributed by atoms with Crippen molar-refractivity contribution in [1.29, 1.82) is 0 Å². The minimum atomic E-state index is -0.155. The van der Waals surface area contributed by atoms with E-state index >= 15 is 0 Å². The maximum absolute atomic E-state index is 12.3. The molecule has 1 aliphatic carbocycles. The summed E-state index contributed by atoms with van der Waals surface area (Å²) in [5, 5.41) is 13.3. The Labute approximate surface area is 110 Å². The Morgan fingerprint density at radius 2 is 2.32 bits per heavy atom. The van der Waals surface area contributed by atoms with Crippen LogP contribution in [0.4, 0.5) is 0 Å². The van der Waals surface area contributed by atoms with Crippen LogP contribution in [0.3, 0.4) is 0 Å². The van der Waals surface area contributed by atoms with E-state index in [0.29, 0.717) is 12.6 Å². The van der Waals surface area contributed by atoms with Gasteiger partial charge in [0, 0.05) is 12.6 Å². The third-order valence-corrected chi connectivity index (χ3v) is 3.22. The average Bonchev–Trinajstić information content (AvgIpc) is 3.09. The van der Waals surface area contributed by atoms with Gasteiger partial charge in [-0.3, -0.25) is 4.79 Å². The quantitative estimate of drug-likeness (QED) is 0.896. The minimum Gasteiger partial charge on any atom is -0.328 e. The topological polar surface area (TPSA) is 74.8 Å². The number of aromatic nitrogens is 4. The van der Waals surface area contributed by atoms with Gasteiger partial charge in [-0.1, -0.05) is 29.8 Å². The van der Waals surface area contributed by atoms with Crippen LogP contribution in [0.1, 0.15) is 34.6 Å². The smallest absolute Gasteiger partial charge is 0.296 e. The molecule has 1 heterocycles. The summed E-state index contributed by atoms with van der Waals surface area (Å²) < 4.78 is 0. The van der Waals surface area contributed by atoms with Crippen molar-refractivity contribution < 1.29 is 4.79 Å². The molecule has 2 aromatic rings. The number of carbonyl (C=O) groups excluding carboxylic acids is 1. The second-order valence-corrected chi connectivity index (χ2v) is 4.89. The summed E-state index contributed by atoms with van der Waals surface area (Å²) in [5.74, 6) is -0.0164. The number of aromatic amines is 1. The highest BCUT2D eigenvalue weighted by Gasteiger charge is 2.34. The van der Waals surface area contributed by atoms with E-state index in [0.717, 1.165) is 18.4 Å². The number of H-pyrrole nitrogens is 1. The molecule has 0 spiro atoms. The van der Waals surface area contributed by atoms with Crippen molar-refractivity contribution >= 4 is 5.91 Å². The molecule has 1 amide bonds. The molecule has 1 aromatic heterocycles.